The Bertz CT molecular complexity index is 1010. The maximum absolute atomic E-state index is 11.9. The average Bonchev–Trinajstić information content (AvgIpc) is 2.89. The van der Waals surface area contributed by atoms with Gasteiger partial charge in [-0.25, -0.2) is 9.59 Å². The van der Waals surface area contributed by atoms with Gasteiger partial charge in [-0.2, -0.15) is 0 Å². The highest BCUT2D eigenvalue weighted by Gasteiger charge is 2.39. The summed E-state index contributed by atoms with van der Waals surface area (Å²) in [5.74, 6) is -0.186. The highest BCUT2D eigenvalue weighted by atomic mass is 28.4. The number of rotatable bonds is 19. The van der Waals surface area contributed by atoms with E-state index in [-0.39, 0.29) is 0 Å². The summed E-state index contributed by atoms with van der Waals surface area (Å²) in [7, 11) is -2.68. The number of amides is 1. The summed E-state index contributed by atoms with van der Waals surface area (Å²) in [5, 5.41) is 13.6. The van der Waals surface area contributed by atoms with Crippen molar-refractivity contribution in [1.82, 2.24) is 5.32 Å². The van der Waals surface area contributed by atoms with E-state index in [1.54, 1.807) is 6.08 Å². The molecule has 0 saturated carbocycles. The van der Waals surface area contributed by atoms with Crippen LogP contribution in [0.1, 0.15) is 52.0 Å². The largest absolute Gasteiger partial charge is 0.500 e. The van der Waals surface area contributed by atoms with Crippen molar-refractivity contribution in [1.29, 1.82) is 0 Å². The number of carbonyl (C=O) groups excluding carboxylic acids is 1. The first-order valence-electron chi connectivity index (χ1n) is 13.3. The number of fused-ring (bicyclic) bond motifs is 1. The molecule has 2 aromatic rings. The Balaban J connectivity index is 1.59. The second-order valence-corrected chi connectivity index (χ2v) is 11.2. The van der Waals surface area contributed by atoms with E-state index in [1.807, 2.05) is 57.2 Å². The van der Waals surface area contributed by atoms with Crippen molar-refractivity contribution < 1.29 is 37.4 Å². The number of carbonyl (C=O) groups is 2. The van der Waals surface area contributed by atoms with Crippen molar-refractivity contribution in [2.24, 2.45) is 0 Å². The Morgan fingerprint density at radius 2 is 1.53 bits per heavy atom. The van der Waals surface area contributed by atoms with E-state index < -0.39 is 20.9 Å². The van der Waals surface area contributed by atoms with E-state index in [9.17, 15) is 9.59 Å². The molecular weight excluding hydrogens is 506 g/mol. The summed E-state index contributed by atoms with van der Waals surface area (Å²) in [6.45, 7) is 8.77. The fourth-order valence-corrected chi connectivity index (χ4v) is 6.50. The van der Waals surface area contributed by atoms with Gasteiger partial charge in [-0.1, -0.05) is 18.2 Å². The van der Waals surface area contributed by atoms with Crippen molar-refractivity contribution in [2.45, 2.75) is 52.5 Å². The van der Waals surface area contributed by atoms with E-state index in [0.29, 0.717) is 52.0 Å². The number of carboxylic acid groups (broad SMARTS) is 1. The third-order valence-corrected chi connectivity index (χ3v) is 8.72. The molecule has 0 unspecified atom stereocenters. The average molecular weight is 548 g/mol. The Hall–Kier alpha value is -2.92. The first-order valence-corrected chi connectivity index (χ1v) is 15.2. The number of carboxylic acids is 1. The molecule has 0 aromatic heterocycles. The van der Waals surface area contributed by atoms with Crippen LogP contribution in [0, 0.1) is 0 Å². The highest BCUT2D eigenvalue weighted by molar-refractivity contribution is 6.60. The minimum atomic E-state index is -2.68. The predicted octanol–water partition coefficient (Wildman–Crippen LogP) is 5.65. The zero-order chi connectivity index (χ0) is 27.6. The summed E-state index contributed by atoms with van der Waals surface area (Å²) < 4.78 is 28.6. The summed E-state index contributed by atoms with van der Waals surface area (Å²) in [5.41, 5.74) is 0.831. The van der Waals surface area contributed by atoms with E-state index in [4.69, 9.17) is 27.9 Å². The van der Waals surface area contributed by atoms with Crippen LogP contribution < -0.4 is 10.1 Å². The summed E-state index contributed by atoms with van der Waals surface area (Å²) >= 11 is 0. The SMILES string of the molecule is CCO[Si](CCCNC(=O)OCCCCCOc1ccc2cc(/C=C/C(=O)O)ccc2c1)(OCC)OCC. The zero-order valence-electron chi connectivity index (χ0n) is 22.7. The molecule has 0 saturated heterocycles. The Kier molecular flexibility index (Phi) is 14.5. The van der Waals surface area contributed by atoms with Crippen molar-refractivity contribution >= 4 is 37.7 Å². The van der Waals surface area contributed by atoms with Crippen LogP contribution in [0.2, 0.25) is 6.04 Å². The second-order valence-electron chi connectivity index (χ2n) is 8.50. The van der Waals surface area contributed by atoms with Gasteiger partial charge in [0, 0.05) is 38.5 Å². The Labute approximate surface area is 226 Å². The number of unbranched alkanes of at least 4 members (excludes halogenated alkanes) is 2. The fraction of sp³-hybridized carbons (Fsp3) is 0.500. The van der Waals surface area contributed by atoms with E-state index in [1.165, 1.54) is 0 Å². The summed E-state index contributed by atoms with van der Waals surface area (Å²) in [6.07, 6.45) is 5.45. The van der Waals surface area contributed by atoms with Crippen LogP contribution in [0.25, 0.3) is 16.8 Å². The standard InChI is InChI=1S/C28H41NO8Si/c1-4-35-38(36-5-2,37-6-3)20-10-17-29-28(32)34-19-9-7-8-18-33-26-15-14-24-21-23(12-16-27(30)31)11-13-25(24)22-26/h11-16,21-22H,4-10,17-20H2,1-3H3,(H,29,32)(H,30,31)/b16-12+. The van der Waals surface area contributed by atoms with Gasteiger partial charge < -0.3 is 33.2 Å². The lowest BCUT2D eigenvalue weighted by Gasteiger charge is -2.28. The van der Waals surface area contributed by atoms with Crippen LogP contribution in [0.5, 0.6) is 5.75 Å². The Morgan fingerprint density at radius 3 is 2.21 bits per heavy atom. The molecule has 38 heavy (non-hydrogen) atoms. The van der Waals surface area contributed by atoms with Crippen molar-refractivity contribution in [2.75, 3.05) is 39.6 Å². The van der Waals surface area contributed by atoms with Gasteiger partial charge in [-0.15, -0.1) is 0 Å². The van der Waals surface area contributed by atoms with Gasteiger partial charge in [-0.05, 0) is 87.1 Å². The van der Waals surface area contributed by atoms with Crippen LogP contribution in [0.4, 0.5) is 4.79 Å². The second kappa shape index (κ2) is 17.6. The molecule has 0 radical (unpaired) electrons. The molecule has 9 nitrogen and oxygen atoms in total. The van der Waals surface area contributed by atoms with Crippen molar-refractivity contribution in [3.8, 4) is 5.75 Å². The molecule has 0 bridgehead atoms. The molecule has 2 aromatic carbocycles. The monoisotopic (exact) mass is 547 g/mol. The van der Waals surface area contributed by atoms with E-state index >= 15 is 0 Å². The molecule has 1 amide bonds. The quantitative estimate of drug-likeness (QED) is 0.132. The first-order chi connectivity index (χ1) is 18.4. The molecule has 0 aliphatic rings. The Morgan fingerprint density at radius 1 is 0.868 bits per heavy atom. The maximum atomic E-state index is 11.9. The van der Waals surface area contributed by atoms with Crippen LogP contribution >= 0.6 is 0 Å². The van der Waals surface area contributed by atoms with Crippen LogP contribution in [-0.2, 0) is 22.8 Å². The minimum Gasteiger partial charge on any atom is -0.494 e. The predicted molar refractivity (Wildman–Crippen MR) is 149 cm³/mol. The van der Waals surface area contributed by atoms with Gasteiger partial charge in [0.25, 0.3) is 0 Å². The van der Waals surface area contributed by atoms with Gasteiger partial charge in [0.05, 0.1) is 13.2 Å². The molecule has 0 aliphatic carbocycles. The lowest BCUT2D eigenvalue weighted by atomic mass is 10.1. The lowest BCUT2D eigenvalue weighted by Crippen LogP contribution is -2.46. The third-order valence-electron chi connectivity index (χ3n) is 5.57. The third kappa shape index (κ3) is 11.6. The number of alkyl carbamates (subject to hydrolysis) is 1. The fourth-order valence-electron chi connectivity index (χ4n) is 3.89. The van der Waals surface area contributed by atoms with Gasteiger partial charge in [0.15, 0.2) is 0 Å². The highest BCUT2D eigenvalue weighted by Crippen LogP contribution is 2.23. The van der Waals surface area contributed by atoms with Crippen LogP contribution in [0.3, 0.4) is 0 Å². The van der Waals surface area contributed by atoms with E-state index in [2.05, 4.69) is 5.32 Å². The molecule has 2 N–H and O–H groups in total. The number of nitrogens with one attached hydrogen (secondary N) is 1. The molecule has 2 rings (SSSR count). The topological polar surface area (TPSA) is 113 Å². The molecule has 0 atom stereocenters. The molecular formula is C28H41NO8Si. The van der Waals surface area contributed by atoms with Gasteiger partial charge >= 0.3 is 20.9 Å². The molecule has 10 heteroatoms. The van der Waals surface area contributed by atoms with Crippen molar-refractivity contribution in [3.05, 3.63) is 48.0 Å². The molecule has 210 valence electrons. The molecule has 0 heterocycles. The lowest BCUT2D eigenvalue weighted by molar-refractivity contribution is -0.131. The van der Waals surface area contributed by atoms with Crippen LogP contribution in [-0.4, -0.2) is 65.6 Å². The summed E-state index contributed by atoms with van der Waals surface area (Å²) in [4.78, 5) is 22.6. The maximum Gasteiger partial charge on any atom is 0.500 e. The molecule has 0 spiro atoms. The van der Waals surface area contributed by atoms with E-state index in [0.717, 1.165) is 47.4 Å². The van der Waals surface area contributed by atoms with Gasteiger partial charge in [0.1, 0.15) is 5.75 Å². The number of hydrogen-bond acceptors (Lipinski definition) is 7. The smallest absolute Gasteiger partial charge is 0.494 e. The molecule has 0 aliphatic heterocycles. The number of aliphatic carboxylic acids is 1. The first kappa shape index (κ1) is 31.3. The normalized spacial score (nSPS) is 11.7. The number of hydrogen-bond donors (Lipinski definition) is 2. The summed E-state index contributed by atoms with van der Waals surface area (Å²) in [6, 6.07) is 12.2. The molecule has 0 fully saturated rings. The van der Waals surface area contributed by atoms with Gasteiger partial charge in [0.2, 0.25) is 0 Å². The van der Waals surface area contributed by atoms with Gasteiger partial charge in [-0.3, -0.25) is 0 Å². The number of benzene rings is 2. The van der Waals surface area contributed by atoms with Crippen LogP contribution in [0.15, 0.2) is 42.5 Å². The zero-order valence-corrected chi connectivity index (χ0v) is 23.7. The number of ether oxygens (including phenoxy) is 2. The minimum absolute atomic E-state index is 0.357. The van der Waals surface area contributed by atoms with Crippen molar-refractivity contribution in [3.63, 3.8) is 0 Å².